The molecular formula is C10H13F2NO2. The first-order valence-electron chi connectivity index (χ1n) is 4.40. The van der Waals surface area contributed by atoms with E-state index in [0.29, 0.717) is 5.56 Å². The number of benzene rings is 1. The lowest BCUT2D eigenvalue weighted by atomic mass is 10.1. The van der Waals surface area contributed by atoms with Crippen molar-refractivity contribution in [3.8, 4) is 5.75 Å². The number of halogens is 2. The lowest BCUT2D eigenvalue weighted by molar-refractivity contribution is 0.0846. The van der Waals surface area contributed by atoms with Crippen LogP contribution in [0.1, 0.15) is 17.6 Å². The molecule has 0 fully saturated rings. The van der Waals surface area contributed by atoms with Crippen molar-refractivity contribution in [3.63, 3.8) is 0 Å². The van der Waals surface area contributed by atoms with Gasteiger partial charge in [0.05, 0.1) is 19.8 Å². The first kappa shape index (κ1) is 11.9. The minimum Gasteiger partial charge on any atom is -0.496 e. The summed E-state index contributed by atoms with van der Waals surface area (Å²) < 4.78 is 30.4. The average Bonchev–Trinajstić information content (AvgIpc) is 2.25. The lowest BCUT2D eigenvalue weighted by Gasteiger charge is -2.12. The fraction of sp³-hybridized carbons (Fsp3) is 0.400. The van der Waals surface area contributed by atoms with Gasteiger partial charge in [0.25, 0.3) is 6.43 Å². The molecule has 1 aromatic carbocycles. The molecule has 0 aromatic heterocycles. The van der Waals surface area contributed by atoms with Crippen LogP contribution in [0.25, 0.3) is 0 Å². The van der Waals surface area contributed by atoms with Crippen LogP contribution in [-0.2, 0) is 11.4 Å². The summed E-state index contributed by atoms with van der Waals surface area (Å²) in [4.78, 5) is 4.62. The van der Waals surface area contributed by atoms with Crippen molar-refractivity contribution in [1.29, 1.82) is 0 Å². The summed E-state index contributed by atoms with van der Waals surface area (Å²) in [6.45, 7) is 0.216. The van der Waals surface area contributed by atoms with Crippen molar-refractivity contribution < 1.29 is 18.4 Å². The smallest absolute Gasteiger partial charge is 0.267 e. The number of ether oxygens (including phenoxy) is 1. The summed E-state index contributed by atoms with van der Waals surface area (Å²) in [6.07, 6.45) is -2.56. The molecule has 0 heterocycles. The highest BCUT2D eigenvalue weighted by molar-refractivity contribution is 5.41. The van der Waals surface area contributed by atoms with E-state index >= 15 is 0 Å². The Hall–Kier alpha value is -1.20. The van der Waals surface area contributed by atoms with Crippen molar-refractivity contribution in [2.24, 2.45) is 0 Å². The lowest BCUT2D eigenvalue weighted by Crippen LogP contribution is -2.13. The second-order valence-corrected chi connectivity index (χ2v) is 2.86. The molecule has 15 heavy (non-hydrogen) atoms. The molecule has 1 rings (SSSR count). The number of methoxy groups -OCH3 is 1. The van der Waals surface area contributed by atoms with Gasteiger partial charge in [0.15, 0.2) is 0 Å². The van der Waals surface area contributed by atoms with Gasteiger partial charge in [-0.15, -0.1) is 0 Å². The summed E-state index contributed by atoms with van der Waals surface area (Å²) in [7, 11) is 2.80. The van der Waals surface area contributed by atoms with Crippen LogP contribution in [0.2, 0.25) is 0 Å². The first-order valence-corrected chi connectivity index (χ1v) is 4.40. The quantitative estimate of drug-likeness (QED) is 0.767. The van der Waals surface area contributed by atoms with Crippen LogP contribution in [0.4, 0.5) is 8.78 Å². The molecule has 0 saturated carbocycles. The zero-order chi connectivity index (χ0) is 11.3. The van der Waals surface area contributed by atoms with E-state index in [2.05, 4.69) is 10.3 Å². The SMILES string of the molecule is CONCc1cccc(OC)c1C(F)F. The Morgan fingerprint density at radius 3 is 2.60 bits per heavy atom. The van der Waals surface area contributed by atoms with Crippen LogP contribution in [0, 0.1) is 0 Å². The molecule has 84 valence electrons. The maximum Gasteiger partial charge on any atom is 0.267 e. The molecule has 0 unspecified atom stereocenters. The van der Waals surface area contributed by atoms with Gasteiger partial charge in [-0.1, -0.05) is 12.1 Å². The minimum atomic E-state index is -2.56. The van der Waals surface area contributed by atoms with Crippen molar-refractivity contribution in [1.82, 2.24) is 5.48 Å². The van der Waals surface area contributed by atoms with Crippen molar-refractivity contribution in [2.45, 2.75) is 13.0 Å². The van der Waals surface area contributed by atoms with E-state index in [-0.39, 0.29) is 17.9 Å². The first-order chi connectivity index (χ1) is 7.20. The second kappa shape index (κ2) is 5.63. The number of hydrogen-bond acceptors (Lipinski definition) is 3. The third-order valence-electron chi connectivity index (χ3n) is 2.00. The van der Waals surface area contributed by atoms with E-state index in [1.165, 1.54) is 20.3 Å². The van der Waals surface area contributed by atoms with E-state index in [0.717, 1.165) is 0 Å². The molecule has 0 aliphatic heterocycles. The molecule has 0 spiro atoms. The summed E-state index contributed by atoms with van der Waals surface area (Å²) >= 11 is 0. The van der Waals surface area contributed by atoms with Crippen molar-refractivity contribution in [2.75, 3.05) is 14.2 Å². The Morgan fingerprint density at radius 2 is 2.07 bits per heavy atom. The highest BCUT2D eigenvalue weighted by atomic mass is 19.3. The molecule has 0 amide bonds. The Balaban J connectivity index is 3.02. The monoisotopic (exact) mass is 217 g/mol. The van der Waals surface area contributed by atoms with E-state index in [1.807, 2.05) is 0 Å². The van der Waals surface area contributed by atoms with Gasteiger partial charge in [0.1, 0.15) is 5.75 Å². The number of nitrogens with one attached hydrogen (secondary N) is 1. The van der Waals surface area contributed by atoms with E-state index in [9.17, 15) is 8.78 Å². The van der Waals surface area contributed by atoms with E-state index in [4.69, 9.17) is 4.74 Å². The largest absolute Gasteiger partial charge is 0.496 e. The molecule has 1 aromatic rings. The molecule has 0 radical (unpaired) electrons. The number of alkyl halides is 2. The molecule has 0 saturated heterocycles. The normalized spacial score (nSPS) is 10.7. The van der Waals surface area contributed by atoms with E-state index < -0.39 is 6.43 Å². The van der Waals surface area contributed by atoms with Gasteiger partial charge in [0, 0.05) is 6.54 Å². The topological polar surface area (TPSA) is 30.5 Å². The standard InChI is InChI=1S/C10H13F2NO2/c1-14-8-5-3-4-7(6-13-15-2)9(8)10(11)12/h3-5,10,13H,6H2,1-2H3. The Labute approximate surface area is 87.0 Å². The van der Waals surface area contributed by atoms with Gasteiger partial charge in [-0.3, -0.25) is 0 Å². The molecular weight excluding hydrogens is 204 g/mol. The predicted molar refractivity (Wildman–Crippen MR) is 51.8 cm³/mol. The number of hydrogen-bond donors (Lipinski definition) is 1. The summed E-state index contributed by atoms with van der Waals surface area (Å²) in [5.41, 5.74) is 2.89. The van der Waals surface area contributed by atoms with Crippen molar-refractivity contribution >= 4 is 0 Å². The van der Waals surface area contributed by atoms with Crippen LogP contribution < -0.4 is 10.2 Å². The predicted octanol–water partition coefficient (Wildman–Crippen LogP) is 2.28. The molecule has 0 aliphatic rings. The molecule has 0 aliphatic carbocycles. The van der Waals surface area contributed by atoms with E-state index in [1.54, 1.807) is 12.1 Å². The average molecular weight is 217 g/mol. The molecule has 3 nitrogen and oxygen atoms in total. The molecule has 0 bridgehead atoms. The maximum atomic E-state index is 12.8. The van der Waals surface area contributed by atoms with Crippen LogP contribution in [0.15, 0.2) is 18.2 Å². The van der Waals surface area contributed by atoms with Gasteiger partial charge in [-0.25, -0.2) is 8.78 Å². The zero-order valence-electron chi connectivity index (χ0n) is 8.59. The third kappa shape index (κ3) is 2.87. The fourth-order valence-electron chi connectivity index (χ4n) is 1.32. The Morgan fingerprint density at radius 1 is 1.33 bits per heavy atom. The van der Waals surface area contributed by atoms with Gasteiger partial charge in [-0.2, -0.15) is 5.48 Å². The fourth-order valence-corrected chi connectivity index (χ4v) is 1.32. The Kier molecular flexibility index (Phi) is 4.45. The Bertz CT molecular complexity index is 318. The summed E-state index contributed by atoms with van der Waals surface area (Å²) in [5.74, 6) is 0.195. The van der Waals surface area contributed by atoms with Crippen molar-refractivity contribution in [3.05, 3.63) is 29.3 Å². The van der Waals surface area contributed by atoms with Gasteiger partial charge >= 0.3 is 0 Å². The van der Waals surface area contributed by atoms with Crippen LogP contribution in [0.3, 0.4) is 0 Å². The highest BCUT2D eigenvalue weighted by Gasteiger charge is 2.17. The zero-order valence-corrected chi connectivity index (χ0v) is 8.59. The van der Waals surface area contributed by atoms with Gasteiger partial charge < -0.3 is 9.57 Å². The molecule has 0 atom stereocenters. The van der Waals surface area contributed by atoms with Gasteiger partial charge in [0.2, 0.25) is 0 Å². The molecule has 1 N–H and O–H groups in total. The maximum absolute atomic E-state index is 12.8. The number of rotatable bonds is 5. The molecule has 5 heteroatoms. The summed E-state index contributed by atoms with van der Waals surface area (Å²) in [6, 6.07) is 4.78. The van der Waals surface area contributed by atoms with Crippen LogP contribution in [-0.4, -0.2) is 14.2 Å². The minimum absolute atomic E-state index is 0.0930. The summed E-state index contributed by atoms with van der Waals surface area (Å²) in [5, 5.41) is 0. The van der Waals surface area contributed by atoms with Gasteiger partial charge in [-0.05, 0) is 11.6 Å². The second-order valence-electron chi connectivity index (χ2n) is 2.86. The van der Waals surface area contributed by atoms with Crippen LogP contribution in [0.5, 0.6) is 5.75 Å². The van der Waals surface area contributed by atoms with Crippen LogP contribution >= 0.6 is 0 Å². The third-order valence-corrected chi connectivity index (χ3v) is 2.00. The number of hydroxylamine groups is 1. The highest BCUT2D eigenvalue weighted by Crippen LogP contribution is 2.31.